The number of amides is 1. The lowest BCUT2D eigenvalue weighted by atomic mass is 10.0. The van der Waals surface area contributed by atoms with Crippen LogP contribution in [0.1, 0.15) is 34.8 Å². The Hall–Kier alpha value is -3.79. The third kappa shape index (κ3) is 5.27. The molecule has 0 aliphatic rings. The van der Waals surface area contributed by atoms with Gasteiger partial charge < -0.3 is 14.5 Å². The summed E-state index contributed by atoms with van der Waals surface area (Å²) in [4.78, 5) is 36.0. The van der Waals surface area contributed by atoms with Crippen molar-refractivity contribution in [3.8, 4) is 11.1 Å². The second kappa shape index (κ2) is 9.56. The molecule has 8 nitrogen and oxygen atoms in total. The molecule has 0 saturated heterocycles. The number of ether oxygens (including phenoxy) is 1. The minimum atomic E-state index is -0.685. The highest BCUT2D eigenvalue weighted by Crippen LogP contribution is 2.40. The van der Waals surface area contributed by atoms with E-state index >= 15 is 0 Å². The fraction of sp³-hybridized carbons (Fsp3) is 0.182. The van der Waals surface area contributed by atoms with Crippen molar-refractivity contribution < 1.29 is 28.1 Å². The van der Waals surface area contributed by atoms with Gasteiger partial charge in [0.25, 0.3) is 0 Å². The molecule has 0 fully saturated rings. The normalized spacial score (nSPS) is 11.2. The second-order valence-electron chi connectivity index (χ2n) is 6.95. The van der Waals surface area contributed by atoms with Gasteiger partial charge in [-0.3, -0.25) is 14.9 Å². The number of hydrogen-bond acceptors (Lipinski definition) is 7. The lowest BCUT2D eigenvalue weighted by molar-refractivity contribution is -0.402. The molecule has 0 radical (unpaired) electrons. The fourth-order valence-electron chi connectivity index (χ4n) is 2.91. The summed E-state index contributed by atoms with van der Waals surface area (Å²) >= 11 is 1.18. The molecule has 3 rings (SSSR count). The van der Waals surface area contributed by atoms with Crippen molar-refractivity contribution in [1.82, 2.24) is 0 Å². The van der Waals surface area contributed by atoms with Crippen LogP contribution in [0.5, 0.6) is 0 Å². The maximum Gasteiger partial charge on any atom is 0.433 e. The Morgan fingerprint density at radius 1 is 1.22 bits per heavy atom. The maximum atomic E-state index is 13.4. The zero-order valence-electron chi connectivity index (χ0n) is 17.4. The van der Waals surface area contributed by atoms with E-state index in [4.69, 9.17) is 9.15 Å². The van der Waals surface area contributed by atoms with E-state index < -0.39 is 28.5 Å². The predicted octanol–water partition coefficient (Wildman–Crippen LogP) is 5.58. The highest BCUT2D eigenvalue weighted by Gasteiger charge is 2.26. The Bertz CT molecular complexity index is 1190. The number of halogens is 1. The SMILES string of the molecule is Cc1sc(NC(=O)C=Cc2ccc([N+](=O)[O-])o2)c(C(=O)OC(C)C)c1-c1ccc(F)cc1. The van der Waals surface area contributed by atoms with E-state index in [2.05, 4.69) is 5.32 Å². The Labute approximate surface area is 186 Å². The molecule has 2 heterocycles. The number of hydrogen-bond donors (Lipinski definition) is 1. The van der Waals surface area contributed by atoms with Crippen molar-refractivity contribution in [3.05, 3.63) is 74.6 Å². The predicted molar refractivity (Wildman–Crippen MR) is 118 cm³/mol. The van der Waals surface area contributed by atoms with Crippen LogP contribution in [0, 0.1) is 22.9 Å². The molecule has 0 aliphatic carbocycles. The molecule has 1 aromatic carbocycles. The van der Waals surface area contributed by atoms with Gasteiger partial charge in [-0.1, -0.05) is 12.1 Å². The number of aryl methyl sites for hydroxylation is 1. The molecule has 10 heteroatoms. The van der Waals surface area contributed by atoms with Crippen LogP contribution in [0.4, 0.5) is 15.3 Å². The lowest BCUT2D eigenvalue weighted by Crippen LogP contribution is -2.15. The molecule has 2 aromatic heterocycles. The average molecular weight is 458 g/mol. The first kappa shape index (κ1) is 22.9. The van der Waals surface area contributed by atoms with Gasteiger partial charge in [0.2, 0.25) is 5.91 Å². The number of carbonyl (C=O) groups excluding carboxylic acids is 2. The Kier molecular flexibility index (Phi) is 6.84. The molecule has 1 N–H and O–H groups in total. The van der Waals surface area contributed by atoms with Crippen LogP contribution in [0.15, 0.2) is 46.9 Å². The molecule has 3 aromatic rings. The van der Waals surface area contributed by atoms with Gasteiger partial charge in [-0.05, 0) is 50.6 Å². The van der Waals surface area contributed by atoms with Crippen LogP contribution in [0.2, 0.25) is 0 Å². The van der Waals surface area contributed by atoms with Crippen molar-refractivity contribution in [1.29, 1.82) is 0 Å². The van der Waals surface area contributed by atoms with Gasteiger partial charge in [-0.2, -0.15) is 0 Å². The van der Waals surface area contributed by atoms with Crippen molar-refractivity contribution >= 4 is 40.2 Å². The summed E-state index contributed by atoms with van der Waals surface area (Å²) in [7, 11) is 0. The molecule has 0 spiro atoms. The largest absolute Gasteiger partial charge is 0.459 e. The van der Waals surface area contributed by atoms with Gasteiger partial charge in [-0.25, -0.2) is 9.18 Å². The topological polar surface area (TPSA) is 112 Å². The monoisotopic (exact) mass is 458 g/mol. The van der Waals surface area contributed by atoms with Crippen molar-refractivity contribution in [2.45, 2.75) is 26.9 Å². The van der Waals surface area contributed by atoms with E-state index in [1.807, 2.05) is 0 Å². The summed E-state index contributed by atoms with van der Waals surface area (Å²) < 4.78 is 23.7. The van der Waals surface area contributed by atoms with E-state index in [1.165, 1.54) is 41.7 Å². The van der Waals surface area contributed by atoms with Crippen LogP contribution >= 0.6 is 11.3 Å². The van der Waals surface area contributed by atoms with E-state index in [0.717, 1.165) is 11.0 Å². The highest BCUT2D eigenvalue weighted by molar-refractivity contribution is 7.17. The number of nitro groups is 1. The first-order valence-corrected chi connectivity index (χ1v) is 10.3. The minimum Gasteiger partial charge on any atom is -0.459 e. The number of rotatable bonds is 7. The number of furan rings is 1. The van der Waals surface area contributed by atoms with E-state index in [-0.39, 0.29) is 22.4 Å². The van der Waals surface area contributed by atoms with Gasteiger partial charge in [-0.15, -0.1) is 11.3 Å². The summed E-state index contributed by atoms with van der Waals surface area (Å²) in [5.41, 5.74) is 1.32. The van der Waals surface area contributed by atoms with E-state index in [0.29, 0.717) is 11.1 Å². The Balaban J connectivity index is 1.92. The van der Waals surface area contributed by atoms with Crippen LogP contribution in [-0.4, -0.2) is 22.9 Å². The molecule has 32 heavy (non-hydrogen) atoms. The molecule has 0 atom stereocenters. The maximum absolute atomic E-state index is 13.4. The standard InChI is InChI=1S/C22H19FN2O6S/c1-12(2)30-22(27)20-19(14-4-6-15(23)7-5-14)13(3)32-21(20)24-17(26)10-8-16-9-11-18(31-16)25(28)29/h4-12H,1-3H3,(H,24,26). The third-order valence-corrected chi connectivity index (χ3v) is 5.21. The third-order valence-electron chi connectivity index (χ3n) is 4.19. The number of nitrogens with one attached hydrogen (secondary N) is 1. The van der Waals surface area contributed by atoms with Crippen molar-refractivity contribution in [2.24, 2.45) is 0 Å². The number of thiophene rings is 1. The first-order chi connectivity index (χ1) is 15.2. The van der Waals surface area contributed by atoms with Crippen molar-refractivity contribution in [3.63, 3.8) is 0 Å². The van der Waals surface area contributed by atoms with E-state index in [9.17, 15) is 24.1 Å². The summed E-state index contributed by atoms with van der Waals surface area (Å²) in [5, 5.41) is 13.6. The van der Waals surface area contributed by atoms with Gasteiger partial charge in [0.15, 0.2) is 0 Å². The van der Waals surface area contributed by atoms with Gasteiger partial charge in [0.1, 0.15) is 27.1 Å². The van der Waals surface area contributed by atoms with Gasteiger partial charge >= 0.3 is 11.9 Å². The minimum absolute atomic E-state index is 0.126. The quantitative estimate of drug-likeness (QED) is 0.214. The summed E-state index contributed by atoms with van der Waals surface area (Å²) in [5.74, 6) is -1.92. The molecule has 0 aliphatic heterocycles. The smallest absolute Gasteiger partial charge is 0.433 e. The Morgan fingerprint density at radius 2 is 1.91 bits per heavy atom. The zero-order chi connectivity index (χ0) is 23.4. The summed E-state index contributed by atoms with van der Waals surface area (Å²) in [6, 6.07) is 8.20. The van der Waals surface area contributed by atoms with Crippen LogP contribution in [-0.2, 0) is 9.53 Å². The molecule has 1 amide bonds. The fourth-order valence-corrected chi connectivity index (χ4v) is 3.97. The van der Waals surface area contributed by atoms with Crippen LogP contribution in [0.25, 0.3) is 17.2 Å². The van der Waals surface area contributed by atoms with Crippen molar-refractivity contribution in [2.75, 3.05) is 5.32 Å². The molecule has 166 valence electrons. The average Bonchev–Trinajstić information content (AvgIpc) is 3.31. The van der Waals surface area contributed by atoms with Gasteiger partial charge in [0, 0.05) is 16.5 Å². The number of nitrogens with zero attached hydrogens (tertiary/aromatic N) is 1. The summed E-state index contributed by atoms with van der Waals surface area (Å²) in [6.45, 7) is 5.19. The number of carbonyl (C=O) groups is 2. The second-order valence-corrected chi connectivity index (χ2v) is 8.18. The Morgan fingerprint density at radius 3 is 2.50 bits per heavy atom. The molecule has 0 saturated carbocycles. The van der Waals surface area contributed by atoms with Crippen LogP contribution < -0.4 is 5.32 Å². The number of anilines is 1. The molecular weight excluding hydrogens is 439 g/mol. The summed E-state index contributed by atoms with van der Waals surface area (Å²) in [6.07, 6.45) is 2.02. The lowest BCUT2D eigenvalue weighted by Gasteiger charge is -2.11. The zero-order valence-corrected chi connectivity index (χ0v) is 18.2. The highest BCUT2D eigenvalue weighted by atomic mass is 32.1. The van der Waals surface area contributed by atoms with Gasteiger partial charge in [0.05, 0.1) is 12.2 Å². The molecule has 0 unspecified atom stereocenters. The number of benzene rings is 1. The van der Waals surface area contributed by atoms with Crippen LogP contribution in [0.3, 0.4) is 0 Å². The number of esters is 1. The van der Waals surface area contributed by atoms with E-state index in [1.54, 1.807) is 32.9 Å². The first-order valence-electron chi connectivity index (χ1n) is 9.49. The molecule has 0 bridgehead atoms. The molecular formula is C22H19FN2O6S.